The number of hydrogen-bond donors (Lipinski definition) is 8. The third kappa shape index (κ3) is 11.2. The highest BCUT2D eigenvalue weighted by Gasteiger charge is 2.49. The highest BCUT2D eigenvalue weighted by molar-refractivity contribution is 6.13. The molecular weight excluding hydrogens is 869 g/mol. The molecule has 2 aromatic carbocycles. The van der Waals surface area contributed by atoms with Gasteiger partial charge in [-0.1, -0.05) is 62.1 Å². The van der Waals surface area contributed by atoms with Gasteiger partial charge in [0.2, 0.25) is 0 Å². The number of unbranched alkanes of at least 4 members (excludes halogenated alkanes) is 6. The van der Waals surface area contributed by atoms with Crippen LogP contribution >= 0.6 is 0 Å². The average molecular weight is 933 g/mol. The predicted molar refractivity (Wildman–Crippen MR) is 258 cm³/mol. The molecule has 10 unspecified atom stereocenters. The molecule has 8 rings (SSSR count). The largest absolute Gasteiger partial charge is 0.389 e. The quantitative estimate of drug-likeness (QED) is 0.0380. The Bertz CT molecular complexity index is 2640. The van der Waals surface area contributed by atoms with E-state index >= 15 is 0 Å². The Labute approximate surface area is 394 Å². The molecule has 4 aromatic heterocycles. The molecule has 0 bridgehead atoms. The second-order valence-electron chi connectivity index (χ2n) is 17.8. The SMILES string of the molecule is NCC1OC(OC2C(N)CC(N)C(O)C2OCCCCCCNC(=O)c2ccnc3c2ccc2cccnc23)C(N)C(O)C1OCCCCCCNC(=O)c1ccnc2c1ccc1cccnc12. The van der Waals surface area contributed by atoms with Crippen LogP contribution in [0, 0.1) is 0 Å². The van der Waals surface area contributed by atoms with Crippen LogP contribution < -0.4 is 33.6 Å². The van der Waals surface area contributed by atoms with Crippen molar-refractivity contribution in [3.63, 3.8) is 0 Å². The molecule has 6 aromatic rings. The van der Waals surface area contributed by atoms with Crippen LogP contribution in [0.2, 0.25) is 0 Å². The van der Waals surface area contributed by atoms with E-state index < -0.39 is 61.0 Å². The molecule has 1 saturated heterocycles. The van der Waals surface area contributed by atoms with Gasteiger partial charge in [-0.3, -0.25) is 29.5 Å². The lowest BCUT2D eigenvalue weighted by molar-refractivity contribution is -0.296. The molecule has 1 saturated carbocycles. The smallest absolute Gasteiger partial charge is 0.252 e. The summed E-state index contributed by atoms with van der Waals surface area (Å²) >= 11 is 0. The molecule has 18 nitrogen and oxygen atoms in total. The Balaban J connectivity index is 0.735. The van der Waals surface area contributed by atoms with Crippen LogP contribution in [0.25, 0.3) is 43.6 Å². The van der Waals surface area contributed by atoms with Crippen LogP contribution in [0.15, 0.2) is 85.5 Å². The highest BCUT2D eigenvalue weighted by Crippen LogP contribution is 2.31. The van der Waals surface area contributed by atoms with Gasteiger partial charge in [0.1, 0.15) is 30.5 Å². The predicted octanol–water partition coefficient (Wildman–Crippen LogP) is 3.11. The number of carbonyl (C=O) groups is 2. The van der Waals surface area contributed by atoms with Gasteiger partial charge in [-0.25, -0.2) is 0 Å². The van der Waals surface area contributed by atoms with Gasteiger partial charge in [0.25, 0.3) is 11.8 Å². The normalized spacial score (nSPS) is 25.3. The van der Waals surface area contributed by atoms with Crippen LogP contribution in [0.4, 0.5) is 0 Å². The molecule has 1 aliphatic heterocycles. The Morgan fingerprint density at radius 3 is 1.66 bits per heavy atom. The minimum absolute atomic E-state index is 0.0388. The van der Waals surface area contributed by atoms with Gasteiger partial charge < -0.3 is 62.7 Å². The second kappa shape index (κ2) is 23.3. The molecule has 18 heteroatoms. The number of nitrogens with one attached hydrogen (secondary N) is 2. The van der Waals surface area contributed by atoms with Crippen molar-refractivity contribution >= 4 is 55.4 Å². The summed E-state index contributed by atoms with van der Waals surface area (Å²) in [7, 11) is 0. The molecule has 12 N–H and O–H groups in total. The summed E-state index contributed by atoms with van der Waals surface area (Å²) in [6.07, 6.45) is 6.77. The molecule has 0 radical (unpaired) electrons. The van der Waals surface area contributed by atoms with Gasteiger partial charge in [-0.15, -0.1) is 0 Å². The Morgan fingerprint density at radius 1 is 0.603 bits per heavy atom. The Kier molecular flexibility index (Phi) is 16.8. The fraction of sp³-hybridized carbons (Fsp3) is 0.480. The lowest BCUT2D eigenvalue weighted by atomic mass is 9.84. The van der Waals surface area contributed by atoms with Gasteiger partial charge in [-0.05, 0) is 56.4 Å². The summed E-state index contributed by atoms with van der Waals surface area (Å²) in [5, 5.41) is 32.0. The van der Waals surface area contributed by atoms with Crippen molar-refractivity contribution in [3.8, 4) is 0 Å². The van der Waals surface area contributed by atoms with Crippen LogP contribution in [0.5, 0.6) is 0 Å². The van der Waals surface area contributed by atoms with E-state index in [0.29, 0.717) is 61.3 Å². The molecule has 5 heterocycles. The maximum absolute atomic E-state index is 13.1. The number of hydrogen-bond acceptors (Lipinski definition) is 16. The Morgan fingerprint density at radius 2 is 1.12 bits per heavy atom. The summed E-state index contributed by atoms with van der Waals surface area (Å²) in [5.41, 5.74) is 29.5. The minimum atomic E-state index is -1.16. The van der Waals surface area contributed by atoms with Crippen LogP contribution in [0.3, 0.4) is 0 Å². The summed E-state index contributed by atoms with van der Waals surface area (Å²) < 4.78 is 24.9. The maximum atomic E-state index is 13.1. The van der Waals surface area contributed by atoms with Gasteiger partial charge in [0, 0.05) is 91.3 Å². The van der Waals surface area contributed by atoms with E-state index in [2.05, 4.69) is 30.6 Å². The number of amides is 2. The van der Waals surface area contributed by atoms with Gasteiger partial charge in [0.15, 0.2) is 6.29 Å². The number of nitrogens with two attached hydrogens (primary N) is 4. The molecule has 2 aliphatic rings. The summed E-state index contributed by atoms with van der Waals surface area (Å²) in [5.74, 6) is -0.322. The molecule has 0 spiro atoms. The molecule has 2 fully saturated rings. The monoisotopic (exact) mass is 932 g/mol. The van der Waals surface area contributed by atoms with E-state index in [9.17, 15) is 19.8 Å². The van der Waals surface area contributed by atoms with Crippen molar-refractivity contribution in [3.05, 3.63) is 96.6 Å². The minimum Gasteiger partial charge on any atom is -0.389 e. The van der Waals surface area contributed by atoms with E-state index in [1.54, 1.807) is 36.9 Å². The lowest BCUT2D eigenvalue weighted by Crippen LogP contribution is -2.68. The fourth-order valence-electron chi connectivity index (χ4n) is 9.35. The summed E-state index contributed by atoms with van der Waals surface area (Å²) in [6.45, 7) is 1.72. The van der Waals surface area contributed by atoms with Crippen LogP contribution in [-0.2, 0) is 18.9 Å². The van der Waals surface area contributed by atoms with E-state index in [4.69, 9.17) is 41.9 Å². The fourth-order valence-corrected chi connectivity index (χ4v) is 9.35. The van der Waals surface area contributed by atoms with Gasteiger partial charge >= 0.3 is 0 Å². The van der Waals surface area contributed by atoms with Crippen molar-refractivity contribution in [2.24, 2.45) is 22.9 Å². The number of nitrogens with zero attached hydrogens (tertiary/aromatic N) is 4. The summed E-state index contributed by atoms with van der Waals surface area (Å²) in [6, 6.07) is 16.6. The number of aliphatic hydroxyl groups is 2. The zero-order valence-corrected chi connectivity index (χ0v) is 38.2. The first-order valence-electron chi connectivity index (χ1n) is 23.8. The topological polar surface area (TPSA) is 291 Å². The number of ether oxygens (including phenoxy) is 4. The van der Waals surface area contributed by atoms with Crippen LogP contribution in [0.1, 0.15) is 78.5 Å². The number of carbonyl (C=O) groups excluding carboxylic acids is 2. The lowest BCUT2D eigenvalue weighted by Gasteiger charge is -2.47. The van der Waals surface area contributed by atoms with Crippen molar-refractivity contribution in [1.82, 2.24) is 30.6 Å². The second-order valence-corrected chi connectivity index (χ2v) is 17.8. The number of fused-ring (bicyclic) bond motifs is 6. The first-order valence-corrected chi connectivity index (χ1v) is 23.8. The zero-order chi connectivity index (χ0) is 47.6. The third-order valence-corrected chi connectivity index (χ3v) is 13.1. The number of rotatable bonds is 21. The number of pyridine rings is 4. The van der Waals surface area contributed by atoms with E-state index in [0.717, 1.165) is 71.1 Å². The number of benzene rings is 2. The summed E-state index contributed by atoms with van der Waals surface area (Å²) in [4.78, 5) is 44.2. The first-order chi connectivity index (χ1) is 33.1. The molecule has 10 atom stereocenters. The molecule has 68 heavy (non-hydrogen) atoms. The van der Waals surface area contributed by atoms with Crippen molar-refractivity contribution in [1.29, 1.82) is 0 Å². The van der Waals surface area contributed by atoms with E-state index in [-0.39, 0.29) is 24.8 Å². The average Bonchev–Trinajstić information content (AvgIpc) is 3.36. The van der Waals surface area contributed by atoms with Gasteiger partial charge in [0.05, 0.1) is 45.3 Å². The molecule has 1 aliphatic carbocycles. The standard InChI is InChI=1S/C50H64N10O8/c51-28-37-46(65-25-7-3-1-5-19-59-48(63)33-17-23-57-41-31(33)15-13-29-11-9-21-55-39(29)41)44(62)38(54)50(67-37)68-45-36(53)27-35(52)43(61)47(45)66-26-8-4-2-6-20-60-49(64)34-18-24-58-42-32(34)16-14-30-12-10-22-56-40(30)42/h9-18,21-24,35-38,43-47,50,61-62H,1-8,19-20,25-28,51-54H2,(H,59,63)(H,60,64). The molecule has 362 valence electrons. The molecule has 2 amide bonds. The third-order valence-electron chi connectivity index (χ3n) is 13.1. The van der Waals surface area contributed by atoms with E-state index in [1.807, 2.05) is 48.5 Å². The highest BCUT2D eigenvalue weighted by atomic mass is 16.7. The first kappa shape index (κ1) is 49.1. The van der Waals surface area contributed by atoms with Crippen molar-refractivity contribution in [2.75, 3.05) is 32.8 Å². The maximum Gasteiger partial charge on any atom is 0.252 e. The van der Waals surface area contributed by atoms with Gasteiger partial charge in [-0.2, -0.15) is 0 Å². The molecular formula is C50H64N10O8. The van der Waals surface area contributed by atoms with Crippen LogP contribution in [-0.4, -0.2) is 136 Å². The zero-order valence-electron chi connectivity index (χ0n) is 38.2. The number of aromatic nitrogens is 4. The van der Waals surface area contributed by atoms with E-state index in [1.165, 1.54) is 0 Å². The van der Waals surface area contributed by atoms with Crippen molar-refractivity contribution in [2.45, 2.75) is 119 Å². The number of aliphatic hydroxyl groups excluding tert-OH is 2. The van der Waals surface area contributed by atoms with Crippen molar-refractivity contribution < 1.29 is 38.7 Å². The Hall–Kier alpha value is -5.38.